The zero-order chi connectivity index (χ0) is 36.8. The van der Waals surface area contributed by atoms with Gasteiger partial charge in [-0.25, -0.2) is 4.79 Å². The number of amides is 1. The number of benzene rings is 1. The molecule has 1 aromatic carbocycles. The molecule has 0 saturated carbocycles. The number of fused-ring (bicyclic) bond motifs is 1. The Balaban J connectivity index is 1.57. The molecule has 2 aliphatic heterocycles. The minimum atomic E-state index is -1.18. The van der Waals surface area contributed by atoms with Gasteiger partial charge in [0.2, 0.25) is 0 Å². The van der Waals surface area contributed by atoms with Crippen LogP contribution in [0.2, 0.25) is 5.82 Å². The summed E-state index contributed by atoms with van der Waals surface area (Å²) in [4.78, 5) is 42.7. The van der Waals surface area contributed by atoms with Crippen molar-refractivity contribution in [2.24, 2.45) is 17.8 Å². The third kappa shape index (κ3) is 8.25. The van der Waals surface area contributed by atoms with E-state index in [0.717, 1.165) is 17.7 Å². The number of carbonyl (C=O) groups is 3. The molecular weight excluding hydrogens is 635 g/mol. The fourth-order valence-corrected chi connectivity index (χ4v) is 7.83. The second-order valence-corrected chi connectivity index (χ2v) is 14.4. The molecule has 4 rings (SSSR count). The predicted molar refractivity (Wildman–Crippen MR) is 193 cm³/mol. The number of nitrogens with one attached hydrogen (secondary N) is 1. The number of hydrogen-bond donors (Lipinski definition) is 2. The minimum absolute atomic E-state index is 0.0748. The van der Waals surface area contributed by atoms with Gasteiger partial charge in [0, 0.05) is 43.4 Å². The van der Waals surface area contributed by atoms with E-state index in [1.807, 2.05) is 51.2 Å². The molecule has 13 heteroatoms. The number of rotatable bonds is 10. The highest BCUT2D eigenvalue weighted by atomic mass is 16.6. The number of hydrogen-bond acceptors (Lipinski definition) is 10. The number of aryl methyl sites for hydroxylation is 1. The second kappa shape index (κ2) is 16.5. The molecule has 12 nitrogen and oxygen atoms in total. The number of methoxy groups -OCH3 is 1. The van der Waals surface area contributed by atoms with Crippen LogP contribution in [0.1, 0.15) is 73.6 Å². The highest BCUT2D eigenvalue weighted by molar-refractivity contribution is 6.15. The van der Waals surface area contributed by atoms with E-state index in [2.05, 4.69) is 29.1 Å². The van der Waals surface area contributed by atoms with Crippen LogP contribution in [0.15, 0.2) is 43.1 Å². The van der Waals surface area contributed by atoms with Crippen LogP contribution in [0.25, 0.3) is 11.3 Å². The first-order chi connectivity index (χ1) is 23.7. The summed E-state index contributed by atoms with van der Waals surface area (Å²) < 4.78 is 20.1. The minimum Gasteiger partial charge on any atom is -0.458 e. The van der Waals surface area contributed by atoms with Crippen molar-refractivity contribution in [1.82, 2.24) is 25.2 Å². The van der Waals surface area contributed by atoms with Crippen molar-refractivity contribution in [2.45, 2.75) is 115 Å². The number of anilines is 1. The average Bonchev–Trinajstić information content (AvgIpc) is 3.67. The van der Waals surface area contributed by atoms with E-state index in [9.17, 15) is 14.4 Å². The summed E-state index contributed by atoms with van der Waals surface area (Å²) in [6.45, 7) is 16.7. The van der Waals surface area contributed by atoms with Gasteiger partial charge in [0.1, 0.15) is 23.5 Å². The number of aromatic nitrogens is 3. The average molecular weight is 691 g/mol. The number of unbranched alkanes of at least 4 members (excludes halogenated alkanes) is 1. The molecule has 2 radical (unpaired) electrons. The molecular formula is C37H55BN6O6. The Kier molecular flexibility index (Phi) is 12.9. The Labute approximate surface area is 298 Å². The molecule has 9 atom stereocenters. The van der Waals surface area contributed by atoms with E-state index < -0.39 is 53.1 Å². The number of carbonyl (C=O) groups excluding carboxylic acids is 3. The molecule has 2 fully saturated rings. The maximum atomic E-state index is 13.7. The van der Waals surface area contributed by atoms with Crippen molar-refractivity contribution >= 4 is 31.4 Å². The van der Waals surface area contributed by atoms with Gasteiger partial charge in [0.25, 0.3) is 0 Å². The maximum absolute atomic E-state index is 13.7. The van der Waals surface area contributed by atoms with Crippen LogP contribution in [0.3, 0.4) is 0 Å². The Morgan fingerprint density at radius 1 is 1.18 bits per heavy atom. The first kappa shape index (κ1) is 39.1. The third-order valence-corrected chi connectivity index (χ3v) is 10.7. The fraction of sp³-hybridized carbons (Fsp3) is 0.649. The van der Waals surface area contributed by atoms with Crippen molar-refractivity contribution < 1.29 is 28.6 Å². The van der Waals surface area contributed by atoms with Crippen LogP contribution in [0, 0.1) is 17.8 Å². The van der Waals surface area contributed by atoms with Gasteiger partial charge in [-0.15, -0.1) is 11.7 Å². The van der Waals surface area contributed by atoms with Crippen molar-refractivity contribution in [3.05, 3.63) is 43.1 Å². The molecule has 3 heterocycles. The molecule has 0 aliphatic carbocycles. The zero-order valence-electron chi connectivity index (χ0n) is 30.8. The van der Waals surface area contributed by atoms with Gasteiger partial charge in [0.05, 0.1) is 25.7 Å². The van der Waals surface area contributed by atoms with Crippen LogP contribution in [-0.4, -0.2) is 95.2 Å². The Morgan fingerprint density at radius 3 is 2.56 bits per heavy atom. The van der Waals surface area contributed by atoms with E-state index in [-0.39, 0.29) is 17.7 Å². The molecule has 1 amide bonds. The summed E-state index contributed by atoms with van der Waals surface area (Å²) in [6, 6.07) is 6.79. The number of nitrogen functional groups attached to an aromatic ring is 1. The lowest BCUT2D eigenvalue weighted by atomic mass is 9.60. The first-order valence-corrected chi connectivity index (χ1v) is 17.9. The molecule has 272 valence electrons. The highest BCUT2D eigenvalue weighted by Crippen LogP contribution is 2.42. The number of cyclic esters (lactones) is 1. The van der Waals surface area contributed by atoms with E-state index in [0.29, 0.717) is 51.0 Å². The van der Waals surface area contributed by atoms with Gasteiger partial charge < -0.3 is 25.3 Å². The van der Waals surface area contributed by atoms with Crippen LogP contribution < -0.4 is 11.1 Å². The van der Waals surface area contributed by atoms with Gasteiger partial charge in [-0.05, 0) is 83.3 Å². The molecule has 0 unspecified atom stereocenters. The monoisotopic (exact) mass is 690 g/mol. The molecule has 50 heavy (non-hydrogen) atoms. The number of ether oxygens (including phenoxy) is 3. The van der Waals surface area contributed by atoms with E-state index >= 15 is 0 Å². The first-order valence-electron chi connectivity index (χ1n) is 17.9. The van der Waals surface area contributed by atoms with E-state index in [1.165, 1.54) is 0 Å². The molecule has 2 saturated heterocycles. The summed E-state index contributed by atoms with van der Waals surface area (Å²) in [5.74, 6) is -3.37. The fourth-order valence-electron chi connectivity index (χ4n) is 7.83. The van der Waals surface area contributed by atoms with Crippen molar-refractivity contribution in [1.29, 1.82) is 0 Å². The normalized spacial score (nSPS) is 32.8. The van der Waals surface area contributed by atoms with Gasteiger partial charge >= 0.3 is 12.1 Å². The summed E-state index contributed by atoms with van der Waals surface area (Å²) >= 11 is 0. The quantitative estimate of drug-likeness (QED) is 0.0872. The molecule has 0 spiro atoms. The van der Waals surface area contributed by atoms with Gasteiger partial charge in [-0.3, -0.25) is 19.2 Å². The summed E-state index contributed by atoms with van der Waals surface area (Å²) in [5.41, 5.74) is 6.17. The Bertz CT molecular complexity index is 1500. The van der Waals surface area contributed by atoms with Crippen LogP contribution in [-0.2, 0) is 30.3 Å². The van der Waals surface area contributed by atoms with E-state index in [4.69, 9.17) is 27.8 Å². The van der Waals surface area contributed by atoms with Gasteiger partial charge in [0.15, 0.2) is 5.60 Å². The van der Waals surface area contributed by atoms with E-state index in [1.54, 1.807) is 36.6 Å². The second-order valence-electron chi connectivity index (χ2n) is 14.4. The van der Waals surface area contributed by atoms with Crippen molar-refractivity contribution in [3.8, 4) is 11.3 Å². The number of nitrogens with zero attached hydrogens (tertiary/aromatic N) is 4. The molecule has 0 bridgehead atoms. The number of nitrogens with two attached hydrogens (primary N) is 1. The van der Waals surface area contributed by atoms with Gasteiger partial charge in [-0.1, -0.05) is 44.2 Å². The Morgan fingerprint density at radius 2 is 1.90 bits per heavy atom. The SMILES string of the molecule is [B][C@@H]1[C@H](C)C(=O)[C@@H](C)C(=O)O[C@H](CC)[C@@]2(C)OC(=O)N(CCCCn3cc(-c4cccc(N)c4)nn3)[C@@H]2[C@@H](C)NC[C@H](C)C[C@@]1(CC=C)OC. The number of Topliss-reactive ketones (excluding diaryl/α,β-unsaturated/α-hetero) is 1. The lowest BCUT2D eigenvalue weighted by molar-refractivity contribution is -0.170. The highest BCUT2D eigenvalue weighted by Gasteiger charge is 2.58. The van der Waals surface area contributed by atoms with Crippen LogP contribution in [0.4, 0.5) is 10.5 Å². The largest absolute Gasteiger partial charge is 0.458 e. The molecule has 2 aliphatic rings. The summed E-state index contributed by atoms with van der Waals surface area (Å²) in [5, 5.41) is 12.2. The van der Waals surface area contributed by atoms with Crippen LogP contribution in [0.5, 0.6) is 0 Å². The molecule has 2 aromatic rings. The lowest BCUT2D eigenvalue weighted by Crippen LogP contribution is -2.61. The predicted octanol–water partition coefficient (Wildman–Crippen LogP) is 4.99. The Hall–Kier alpha value is -3.71. The summed E-state index contributed by atoms with van der Waals surface area (Å²) in [7, 11) is 8.39. The van der Waals surface area contributed by atoms with Crippen molar-refractivity contribution in [2.75, 3.05) is 25.9 Å². The van der Waals surface area contributed by atoms with Crippen LogP contribution >= 0.6 is 0 Å². The molecule has 1 aromatic heterocycles. The molecule has 3 N–H and O–H groups in total. The smallest absolute Gasteiger partial charge is 0.410 e. The van der Waals surface area contributed by atoms with Crippen molar-refractivity contribution in [3.63, 3.8) is 0 Å². The topological polar surface area (TPSA) is 151 Å². The summed E-state index contributed by atoms with van der Waals surface area (Å²) in [6.07, 6.45) is 5.16. The number of ketones is 1. The number of esters is 1. The maximum Gasteiger partial charge on any atom is 0.410 e. The van der Waals surface area contributed by atoms with Gasteiger partial charge in [-0.2, -0.15) is 0 Å². The standard InChI is InChI=1S/C37H55BN6O6/c1-9-16-37(48-8)20-23(3)21-40-26(6)33-36(7,30(10-2)49-34(46)25(5)31(45)24(4)32(37)38)50-35(47)44(33)18-12-11-17-43-22-29(41-42-43)27-14-13-15-28(39)19-27/h9,13-15,19,22-26,30,32-33,40H,1,10-12,16-18,20-21,39H2,2-8H3/t23-,24-,25-,26-,30-,32-,33-,36-,37-/m1/s1. The zero-order valence-corrected chi connectivity index (χ0v) is 30.8. The third-order valence-electron chi connectivity index (χ3n) is 10.7. The lowest BCUT2D eigenvalue weighted by Gasteiger charge is -2.43.